The summed E-state index contributed by atoms with van der Waals surface area (Å²) in [5, 5.41) is 18.1. The van der Waals surface area contributed by atoms with Gasteiger partial charge in [0, 0.05) is 118 Å². The number of aryl methyl sites for hydroxylation is 1. The van der Waals surface area contributed by atoms with Crippen LogP contribution in [0.1, 0.15) is 86.6 Å². The Labute approximate surface area is 558 Å². The zero-order valence-corrected chi connectivity index (χ0v) is 55.2. The Bertz CT molecular complexity index is 3090. The molecule has 5 heterocycles. The number of aliphatic carboxylic acids is 1. The number of pyridine rings is 1. The fourth-order valence-corrected chi connectivity index (χ4v) is 13.3. The van der Waals surface area contributed by atoms with E-state index in [2.05, 4.69) is 61.6 Å². The number of fused-ring (bicyclic) bond motifs is 1. The molecule has 4 N–H and O–H groups in total. The summed E-state index contributed by atoms with van der Waals surface area (Å²) < 4.78 is 45.3. The summed E-state index contributed by atoms with van der Waals surface area (Å²) >= 11 is 3.50. The third kappa shape index (κ3) is 24.3. The second-order valence-corrected chi connectivity index (χ2v) is 26.2. The van der Waals surface area contributed by atoms with Gasteiger partial charge in [0.15, 0.2) is 0 Å². The zero-order valence-electron chi connectivity index (χ0n) is 52.2. The van der Waals surface area contributed by atoms with Gasteiger partial charge in [0.25, 0.3) is 24.8 Å². The number of carbonyl (C=O) groups excluding carboxylic acids is 9. The number of hydrogen-bond acceptors (Lipinski definition) is 19. The number of likely N-dealkylation sites (tertiary alicyclic amines) is 3. The Balaban J connectivity index is 0.876. The Morgan fingerprint density at radius 2 is 1.47 bits per heavy atom. The maximum atomic E-state index is 14.1. The van der Waals surface area contributed by atoms with Gasteiger partial charge in [-0.25, -0.2) is 8.78 Å². The molecule has 2 aromatic carbocycles. The number of aromatic nitrogens is 1. The maximum absolute atomic E-state index is 14.1. The number of ether oxygens (including phenoxy) is 3. The number of piperidine rings is 1. The number of alkyl halides is 2. The van der Waals surface area contributed by atoms with Gasteiger partial charge in [-0.05, 0) is 128 Å². The highest BCUT2D eigenvalue weighted by Crippen LogP contribution is 2.32. The number of rotatable bonds is 33. The van der Waals surface area contributed by atoms with Gasteiger partial charge in [-0.1, -0.05) is 18.1 Å². The lowest BCUT2D eigenvalue weighted by molar-refractivity contribution is -0.146. The van der Waals surface area contributed by atoms with Crippen LogP contribution >= 0.6 is 34.4 Å². The highest BCUT2D eigenvalue weighted by molar-refractivity contribution is 14.1. The zero-order chi connectivity index (χ0) is 66.7. The van der Waals surface area contributed by atoms with Crippen molar-refractivity contribution in [3.8, 4) is 18.1 Å². The summed E-state index contributed by atoms with van der Waals surface area (Å²) in [6.45, 7) is 3.11. The van der Waals surface area contributed by atoms with Crippen LogP contribution in [-0.4, -0.2) is 258 Å². The first-order chi connectivity index (χ1) is 44.8. The monoisotopic (exact) mass is 1430 g/mol. The summed E-state index contributed by atoms with van der Waals surface area (Å²) in [4.78, 5) is 143. The second kappa shape index (κ2) is 37.7. The van der Waals surface area contributed by atoms with Crippen molar-refractivity contribution in [2.24, 2.45) is 5.92 Å². The molecule has 29 heteroatoms. The molecule has 7 amide bonds. The largest absolute Gasteiger partial charge is 0.494 e. The van der Waals surface area contributed by atoms with Crippen molar-refractivity contribution in [2.45, 2.75) is 100 Å². The van der Waals surface area contributed by atoms with Crippen molar-refractivity contribution in [3.63, 3.8) is 0 Å². The van der Waals surface area contributed by atoms with Crippen LogP contribution in [0.4, 0.5) is 8.78 Å². The number of nitrogens with zero attached hydrogens (tertiary/aromatic N) is 8. The summed E-state index contributed by atoms with van der Waals surface area (Å²) in [5.41, 5.74) is 1.88. The molecular weight excluding hydrogens is 1340 g/mol. The first kappa shape index (κ1) is 73.3. The van der Waals surface area contributed by atoms with Gasteiger partial charge in [0.2, 0.25) is 35.4 Å². The number of halogens is 3. The molecule has 4 fully saturated rings. The lowest BCUT2D eigenvalue weighted by atomic mass is 9.92. The average Bonchev–Trinajstić information content (AvgIpc) is 1.82. The van der Waals surface area contributed by atoms with Crippen LogP contribution < -0.4 is 20.7 Å². The van der Waals surface area contributed by atoms with E-state index in [-0.39, 0.29) is 74.5 Å². The minimum absolute atomic E-state index is 0.0111. The van der Waals surface area contributed by atoms with Gasteiger partial charge in [-0.15, -0.1) is 18.2 Å². The van der Waals surface area contributed by atoms with Gasteiger partial charge < -0.3 is 45.1 Å². The third-order valence-corrected chi connectivity index (χ3v) is 19.0. The number of nitrogens with one attached hydrogen (secondary N) is 3. The number of benzene rings is 2. The first-order valence-electron chi connectivity index (χ1n) is 31.5. The SMILES string of the molecule is C#C[C@H]1CC(F)(F)CN1C(=O)CNC(=O)c1ccnc2ccc(OCCCC3CCN(C(=O)CN4C(=O)CC(SCC(CCCCNC(=O)CCCc5ccc(I)cc5)NC(=O)CN5CCN(COC=O)CCN(COC=O)CCN(CC(=O)O)CC5)C4=O)CC3)cc12. The molecule has 1 aromatic heterocycles. The highest BCUT2D eigenvalue weighted by Gasteiger charge is 2.46. The number of hydrogen-bond donors (Lipinski definition) is 4. The number of thioether (sulfide) groups is 1. The van der Waals surface area contributed by atoms with Gasteiger partial charge >= 0.3 is 5.97 Å². The molecule has 0 bridgehead atoms. The summed E-state index contributed by atoms with van der Waals surface area (Å²) in [7, 11) is 0. The Morgan fingerprint density at radius 1 is 0.806 bits per heavy atom. The fraction of sp³-hybridized carbons (Fsp3) is 0.578. The van der Waals surface area contributed by atoms with E-state index in [0.717, 1.165) is 31.8 Å². The number of carbonyl (C=O) groups is 10. The predicted octanol–water partition coefficient (Wildman–Crippen LogP) is 3.06. The number of terminal acetylenes is 1. The third-order valence-electron chi connectivity index (χ3n) is 16.9. The summed E-state index contributed by atoms with van der Waals surface area (Å²) in [6, 6.07) is 13.3. The van der Waals surface area contributed by atoms with Crippen molar-refractivity contribution in [1.29, 1.82) is 0 Å². The van der Waals surface area contributed by atoms with Crippen LogP contribution in [0.15, 0.2) is 54.7 Å². The van der Waals surface area contributed by atoms with E-state index in [0.29, 0.717) is 160 Å². The Hall–Kier alpha value is -7.11. The molecule has 2 unspecified atom stereocenters. The number of amides is 7. The van der Waals surface area contributed by atoms with Gasteiger partial charge in [0.05, 0.1) is 55.2 Å². The van der Waals surface area contributed by atoms with E-state index in [4.69, 9.17) is 20.6 Å². The van der Waals surface area contributed by atoms with Crippen LogP contribution in [0, 0.1) is 21.8 Å². The molecule has 4 aliphatic rings. The van der Waals surface area contributed by atoms with Crippen molar-refractivity contribution in [2.75, 3.05) is 131 Å². The Morgan fingerprint density at radius 3 is 2.13 bits per heavy atom. The molecule has 3 atom stereocenters. The molecule has 4 aliphatic heterocycles. The number of imide groups is 1. The molecule has 25 nitrogen and oxygen atoms in total. The smallest absolute Gasteiger partial charge is 0.317 e. The molecule has 93 heavy (non-hydrogen) atoms. The topological polar surface area (TPSA) is 290 Å². The minimum atomic E-state index is -3.11. The van der Waals surface area contributed by atoms with Gasteiger partial charge in [-0.2, -0.15) is 0 Å². The molecular formula is C64H84F2IN11O14S. The molecule has 0 saturated carbocycles. The van der Waals surface area contributed by atoms with E-state index in [1.165, 1.54) is 24.0 Å². The van der Waals surface area contributed by atoms with E-state index in [9.17, 15) is 61.8 Å². The molecule has 506 valence electrons. The van der Waals surface area contributed by atoms with Gasteiger partial charge in [-0.3, -0.25) is 77.4 Å². The van der Waals surface area contributed by atoms with Crippen LogP contribution in [0.25, 0.3) is 10.9 Å². The van der Waals surface area contributed by atoms with Crippen LogP contribution in [0.5, 0.6) is 5.75 Å². The van der Waals surface area contributed by atoms with E-state index in [1.807, 2.05) is 26.8 Å². The number of carboxylic acids is 1. The van der Waals surface area contributed by atoms with Gasteiger partial charge in [0.1, 0.15) is 25.8 Å². The van der Waals surface area contributed by atoms with Crippen molar-refractivity contribution in [1.82, 2.24) is 55.2 Å². The van der Waals surface area contributed by atoms with Crippen molar-refractivity contribution >= 4 is 106 Å². The summed E-state index contributed by atoms with van der Waals surface area (Å²) in [5.74, 6) is -3.82. The standard InChI is InChI=1S/C64H84F2IN11O14S/c1-2-50-35-64(65,66)41-78(50)59(84)36-70-62(88)52-17-21-68-54-16-15-51(33-53(52)54)92-32-6-8-47-18-22-76(23-19-47)60(85)38-77-58(83)34-55(63(77)89)93-40-49(9-3-4-20-69-56(81)10-5-7-46-11-13-48(67)14-12-46)71-57(82)37-72-24-25-73(39-61(86)87)27-29-75(43-91-45-80)31-30-74(28-26-72)42-90-44-79/h1,11-17,21,33,44-45,47,49-50,55H,3-10,18-20,22-32,34-43H2,(H,69,81)(H,70,88)(H,71,82)(H,86,87)/t49?,50-,55?/m0/s1. The Kier molecular flexibility index (Phi) is 29.7. The highest BCUT2D eigenvalue weighted by atomic mass is 127. The molecule has 0 aliphatic carbocycles. The van der Waals surface area contributed by atoms with E-state index in [1.54, 1.807) is 28.0 Å². The number of carboxylic acid groups (broad SMARTS) is 1. The quantitative estimate of drug-likeness (QED) is 0.0224. The lowest BCUT2D eigenvalue weighted by Gasteiger charge is -2.33. The fourth-order valence-electron chi connectivity index (χ4n) is 11.7. The maximum Gasteiger partial charge on any atom is 0.317 e. The van der Waals surface area contributed by atoms with E-state index >= 15 is 0 Å². The number of unbranched alkanes of at least 4 members (excludes halogenated alkanes) is 1. The van der Waals surface area contributed by atoms with Crippen molar-refractivity contribution < 1.29 is 76.0 Å². The van der Waals surface area contributed by atoms with Crippen LogP contribution in [-0.2, 0) is 59.0 Å². The average molecular weight is 1430 g/mol. The lowest BCUT2D eigenvalue weighted by Crippen LogP contribution is -2.50. The first-order valence-corrected chi connectivity index (χ1v) is 33.6. The second-order valence-electron chi connectivity index (χ2n) is 23.7. The predicted molar refractivity (Wildman–Crippen MR) is 348 cm³/mol. The molecule has 0 radical (unpaired) electrons. The van der Waals surface area contributed by atoms with Crippen LogP contribution in [0.2, 0.25) is 0 Å². The van der Waals surface area contributed by atoms with Crippen molar-refractivity contribution in [3.05, 3.63) is 69.4 Å². The molecule has 3 aromatic rings. The summed E-state index contributed by atoms with van der Waals surface area (Å²) in [6.07, 6.45) is 12.6. The molecule has 0 spiro atoms. The minimum Gasteiger partial charge on any atom is -0.494 e. The van der Waals surface area contributed by atoms with E-state index < -0.39 is 72.4 Å². The molecule has 4 saturated heterocycles. The molecule has 7 rings (SSSR count). The normalized spacial score (nSPS) is 19.2. The van der Waals surface area contributed by atoms with Crippen LogP contribution in [0.3, 0.4) is 0 Å².